The van der Waals surface area contributed by atoms with Gasteiger partial charge in [-0.15, -0.1) is 0 Å². The van der Waals surface area contributed by atoms with Crippen LogP contribution in [0.2, 0.25) is 0 Å². The topological polar surface area (TPSA) is 55.8 Å². The van der Waals surface area contributed by atoms with Gasteiger partial charge in [-0.1, -0.05) is 6.58 Å². The molecule has 0 spiro atoms. The van der Waals surface area contributed by atoms with Crippen molar-refractivity contribution >= 4 is 5.97 Å². The van der Waals surface area contributed by atoms with E-state index < -0.39 is 12.1 Å². The monoisotopic (exact) mass is 202 g/mol. The van der Waals surface area contributed by atoms with E-state index in [9.17, 15) is 4.79 Å². The third-order valence-corrected chi connectivity index (χ3v) is 1.37. The molecule has 14 heavy (non-hydrogen) atoms. The van der Waals surface area contributed by atoms with E-state index >= 15 is 0 Å². The molecule has 0 saturated carbocycles. The maximum Gasteiger partial charge on any atom is 0.333 e. The molecule has 0 heterocycles. The van der Waals surface area contributed by atoms with E-state index in [4.69, 9.17) is 14.6 Å². The van der Waals surface area contributed by atoms with E-state index in [0.29, 0.717) is 5.57 Å². The lowest BCUT2D eigenvalue weighted by molar-refractivity contribution is -0.146. The van der Waals surface area contributed by atoms with Crippen LogP contribution in [0.15, 0.2) is 12.2 Å². The second kappa shape index (κ2) is 6.56. The molecule has 0 aliphatic carbocycles. The number of aliphatic hydroxyl groups is 1. The lowest BCUT2D eigenvalue weighted by Gasteiger charge is -2.14. The maximum atomic E-state index is 11.0. The second-order valence-electron chi connectivity index (χ2n) is 3.38. The molecule has 0 rings (SSSR count). The van der Waals surface area contributed by atoms with Crippen LogP contribution >= 0.6 is 0 Å². The summed E-state index contributed by atoms with van der Waals surface area (Å²) in [6.07, 6.45) is -0.822. The Balaban J connectivity index is 3.60. The van der Waals surface area contributed by atoms with Crippen LogP contribution in [0.5, 0.6) is 0 Å². The summed E-state index contributed by atoms with van der Waals surface area (Å²) >= 11 is 0. The molecule has 2 atom stereocenters. The lowest BCUT2D eigenvalue weighted by atomic mass is 10.3. The van der Waals surface area contributed by atoms with E-state index in [0.717, 1.165) is 0 Å². The highest BCUT2D eigenvalue weighted by atomic mass is 16.6. The summed E-state index contributed by atoms with van der Waals surface area (Å²) in [4.78, 5) is 11.0. The number of rotatable bonds is 6. The molecule has 0 aliphatic rings. The summed E-state index contributed by atoms with van der Waals surface area (Å²) in [5.74, 6) is -0.418. The highest BCUT2D eigenvalue weighted by molar-refractivity contribution is 5.87. The summed E-state index contributed by atoms with van der Waals surface area (Å²) in [5, 5.41) is 8.89. The Morgan fingerprint density at radius 2 is 2.00 bits per heavy atom. The minimum absolute atomic E-state index is 0.245. The van der Waals surface area contributed by atoms with Gasteiger partial charge in [-0.3, -0.25) is 0 Å². The molecule has 4 heteroatoms. The highest BCUT2D eigenvalue weighted by Crippen LogP contribution is 1.99. The first-order valence-electron chi connectivity index (χ1n) is 4.55. The Bertz CT molecular complexity index is 198. The minimum Gasteiger partial charge on any atom is -0.457 e. The summed E-state index contributed by atoms with van der Waals surface area (Å²) in [6, 6.07) is 0. The predicted octanol–water partition coefficient (Wildman–Crippen LogP) is 0.892. The first-order chi connectivity index (χ1) is 6.43. The molecule has 0 saturated heterocycles. The van der Waals surface area contributed by atoms with Gasteiger partial charge in [-0.2, -0.15) is 0 Å². The van der Waals surface area contributed by atoms with Crippen LogP contribution in [0.25, 0.3) is 0 Å². The van der Waals surface area contributed by atoms with Crippen molar-refractivity contribution < 1.29 is 19.4 Å². The molecule has 0 fully saturated rings. The molecule has 0 aromatic rings. The summed E-state index contributed by atoms with van der Waals surface area (Å²) in [5.41, 5.74) is 0.368. The van der Waals surface area contributed by atoms with Crippen molar-refractivity contribution in [3.63, 3.8) is 0 Å². The third kappa shape index (κ3) is 6.62. The average molecular weight is 202 g/mol. The molecule has 0 amide bonds. The van der Waals surface area contributed by atoms with E-state index in [1.165, 1.54) is 0 Å². The zero-order valence-corrected chi connectivity index (χ0v) is 8.95. The van der Waals surface area contributed by atoms with Crippen LogP contribution < -0.4 is 0 Å². The fourth-order valence-electron chi connectivity index (χ4n) is 0.722. The first kappa shape index (κ1) is 13.1. The van der Waals surface area contributed by atoms with Crippen LogP contribution in [-0.4, -0.2) is 36.5 Å². The third-order valence-electron chi connectivity index (χ3n) is 1.37. The number of esters is 1. The number of carbonyl (C=O) groups is 1. The molecule has 0 aliphatic heterocycles. The zero-order chi connectivity index (χ0) is 11.1. The second-order valence-corrected chi connectivity index (χ2v) is 3.38. The lowest BCUT2D eigenvalue weighted by Crippen LogP contribution is -2.23. The highest BCUT2D eigenvalue weighted by Gasteiger charge is 2.10. The van der Waals surface area contributed by atoms with Gasteiger partial charge in [-0.05, 0) is 20.8 Å². The van der Waals surface area contributed by atoms with Crippen molar-refractivity contribution in [3.05, 3.63) is 12.2 Å². The van der Waals surface area contributed by atoms with Crippen LogP contribution in [0.3, 0.4) is 0 Å². The molecule has 0 aromatic heterocycles. The van der Waals surface area contributed by atoms with Gasteiger partial charge in [0.1, 0.15) is 6.10 Å². The molecule has 1 N–H and O–H groups in total. The fourth-order valence-corrected chi connectivity index (χ4v) is 0.722. The Kier molecular flexibility index (Phi) is 6.16. The van der Waals surface area contributed by atoms with Gasteiger partial charge in [-0.25, -0.2) is 4.79 Å². The standard InChI is InChI=1S/C10H18O4/c1-7(2)10(12)14-9(4)6-13-5-8(3)11/h8-9,11H,1,5-6H2,2-4H3. The van der Waals surface area contributed by atoms with Gasteiger partial charge >= 0.3 is 5.97 Å². The molecule has 2 unspecified atom stereocenters. The zero-order valence-electron chi connectivity index (χ0n) is 8.95. The van der Waals surface area contributed by atoms with Crippen LogP contribution in [0.1, 0.15) is 20.8 Å². The normalized spacial score (nSPS) is 14.6. The number of hydrogen-bond donors (Lipinski definition) is 1. The summed E-state index contributed by atoms with van der Waals surface area (Å²) in [6.45, 7) is 8.93. The number of carbonyl (C=O) groups excluding carboxylic acids is 1. The van der Waals surface area contributed by atoms with Crippen molar-refractivity contribution in [3.8, 4) is 0 Å². The van der Waals surface area contributed by atoms with Crippen molar-refractivity contribution in [2.75, 3.05) is 13.2 Å². The van der Waals surface area contributed by atoms with Crippen molar-refractivity contribution in [1.29, 1.82) is 0 Å². The molecular weight excluding hydrogens is 184 g/mol. The number of aliphatic hydroxyl groups excluding tert-OH is 1. The van der Waals surface area contributed by atoms with Gasteiger partial charge in [0.15, 0.2) is 0 Å². The van der Waals surface area contributed by atoms with E-state index in [1.54, 1.807) is 20.8 Å². The number of hydrogen-bond acceptors (Lipinski definition) is 4. The van der Waals surface area contributed by atoms with E-state index in [2.05, 4.69) is 6.58 Å². The molecular formula is C10H18O4. The fraction of sp³-hybridized carbons (Fsp3) is 0.700. The maximum absolute atomic E-state index is 11.0. The smallest absolute Gasteiger partial charge is 0.333 e. The van der Waals surface area contributed by atoms with Gasteiger partial charge < -0.3 is 14.6 Å². The first-order valence-corrected chi connectivity index (χ1v) is 4.55. The van der Waals surface area contributed by atoms with E-state index in [-0.39, 0.29) is 19.3 Å². The Morgan fingerprint density at radius 3 is 2.43 bits per heavy atom. The summed E-state index contributed by atoms with van der Waals surface area (Å²) in [7, 11) is 0. The molecule has 4 nitrogen and oxygen atoms in total. The van der Waals surface area contributed by atoms with E-state index in [1.807, 2.05) is 0 Å². The largest absolute Gasteiger partial charge is 0.457 e. The Hall–Kier alpha value is -0.870. The predicted molar refractivity (Wildman–Crippen MR) is 52.9 cm³/mol. The Morgan fingerprint density at radius 1 is 1.43 bits per heavy atom. The van der Waals surface area contributed by atoms with Gasteiger partial charge in [0.25, 0.3) is 0 Å². The molecule has 0 bridgehead atoms. The minimum atomic E-state index is -0.501. The SMILES string of the molecule is C=C(C)C(=O)OC(C)COCC(C)O. The molecule has 0 radical (unpaired) electrons. The molecule has 0 aromatic carbocycles. The van der Waals surface area contributed by atoms with Crippen molar-refractivity contribution in [2.45, 2.75) is 33.0 Å². The summed E-state index contributed by atoms with van der Waals surface area (Å²) < 4.78 is 10.0. The Labute approximate surface area is 84.5 Å². The van der Waals surface area contributed by atoms with Crippen LogP contribution in [-0.2, 0) is 14.3 Å². The quantitative estimate of drug-likeness (QED) is 0.513. The van der Waals surface area contributed by atoms with Gasteiger partial charge in [0.05, 0.1) is 19.3 Å². The molecule has 82 valence electrons. The van der Waals surface area contributed by atoms with Gasteiger partial charge in [0.2, 0.25) is 0 Å². The van der Waals surface area contributed by atoms with Gasteiger partial charge in [0, 0.05) is 5.57 Å². The van der Waals surface area contributed by atoms with Crippen LogP contribution in [0, 0.1) is 0 Å². The number of ether oxygens (including phenoxy) is 2. The van der Waals surface area contributed by atoms with Crippen molar-refractivity contribution in [1.82, 2.24) is 0 Å². The average Bonchev–Trinajstić information content (AvgIpc) is 2.02. The van der Waals surface area contributed by atoms with Crippen molar-refractivity contribution in [2.24, 2.45) is 0 Å². The van der Waals surface area contributed by atoms with Crippen LogP contribution in [0.4, 0.5) is 0 Å².